The molecule has 0 aliphatic carbocycles. The molecule has 0 fully saturated rings. The van der Waals surface area contributed by atoms with Gasteiger partial charge in [0.25, 0.3) is 0 Å². The van der Waals surface area contributed by atoms with Gasteiger partial charge in [0.05, 0.1) is 28.5 Å². The van der Waals surface area contributed by atoms with Crippen molar-refractivity contribution in [2.75, 3.05) is 18.1 Å². The summed E-state index contributed by atoms with van der Waals surface area (Å²) in [6, 6.07) is 13.5. The van der Waals surface area contributed by atoms with Crippen molar-refractivity contribution in [2.45, 2.75) is 44.1 Å². The molecule has 0 radical (unpaired) electrons. The first kappa shape index (κ1) is 20.5. The van der Waals surface area contributed by atoms with Gasteiger partial charge in [-0.05, 0) is 57.0 Å². The monoisotopic (exact) mass is 423 g/mol. The van der Waals surface area contributed by atoms with E-state index in [0.717, 1.165) is 41.4 Å². The molecular weight excluding hydrogens is 398 g/mol. The maximum atomic E-state index is 13.1. The summed E-state index contributed by atoms with van der Waals surface area (Å²) in [4.78, 5) is 31.8. The molecule has 0 N–H and O–H groups in total. The molecule has 2 heterocycles. The van der Waals surface area contributed by atoms with E-state index in [9.17, 15) is 9.59 Å². The Kier molecular flexibility index (Phi) is 5.81. The second-order valence-corrected chi connectivity index (χ2v) is 8.50. The van der Waals surface area contributed by atoms with Crippen LogP contribution in [0.3, 0.4) is 0 Å². The number of aryl methyl sites for hydroxylation is 1. The summed E-state index contributed by atoms with van der Waals surface area (Å²) >= 11 is 1.46. The summed E-state index contributed by atoms with van der Waals surface area (Å²) < 4.78 is 7.17. The van der Waals surface area contributed by atoms with Gasteiger partial charge >= 0.3 is 5.97 Å². The van der Waals surface area contributed by atoms with E-state index in [1.54, 1.807) is 19.1 Å². The van der Waals surface area contributed by atoms with Crippen molar-refractivity contribution in [1.82, 2.24) is 9.55 Å². The van der Waals surface area contributed by atoms with Gasteiger partial charge in [-0.2, -0.15) is 0 Å². The summed E-state index contributed by atoms with van der Waals surface area (Å²) in [5.41, 5.74) is 4.39. The van der Waals surface area contributed by atoms with Crippen molar-refractivity contribution in [3.05, 3.63) is 53.6 Å². The minimum absolute atomic E-state index is 0.0897. The molecule has 1 aromatic heterocycles. The molecule has 4 rings (SSSR count). The van der Waals surface area contributed by atoms with Crippen LogP contribution >= 0.6 is 11.8 Å². The normalized spacial score (nSPS) is 14.0. The lowest BCUT2D eigenvalue weighted by molar-refractivity contribution is -0.117. The van der Waals surface area contributed by atoms with E-state index in [2.05, 4.69) is 10.6 Å². The number of benzene rings is 2. The number of hydrogen-bond donors (Lipinski definition) is 0. The number of thioether (sulfide) groups is 1. The third-order valence-electron chi connectivity index (χ3n) is 5.32. The number of imidazole rings is 1. The predicted molar refractivity (Wildman–Crippen MR) is 119 cm³/mol. The highest BCUT2D eigenvalue weighted by molar-refractivity contribution is 8.00. The number of para-hydroxylation sites is 1. The minimum atomic E-state index is -0.351. The number of carbonyl (C=O) groups is 2. The van der Waals surface area contributed by atoms with Crippen LogP contribution in [0.15, 0.2) is 47.6 Å². The average molecular weight is 424 g/mol. The Morgan fingerprint density at radius 2 is 2.00 bits per heavy atom. The summed E-state index contributed by atoms with van der Waals surface area (Å²) in [5, 5.41) is 0.504. The van der Waals surface area contributed by atoms with Crippen molar-refractivity contribution >= 4 is 40.4 Å². The zero-order valence-corrected chi connectivity index (χ0v) is 18.2. The quantitative estimate of drug-likeness (QED) is 0.437. The van der Waals surface area contributed by atoms with E-state index in [4.69, 9.17) is 9.72 Å². The second kappa shape index (κ2) is 8.52. The van der Waals surface area contributed by atoms with Gasteiger partial charge in [-0.15, -0.1) is 0 Å². The molecule has 30 heavy (non-hydrogen) atoms. The molecule has 3 aromatic rings. The number of aromatic nitrogens is 2. The molecule has 0 spiro atoms. The molecule has 7 heteroatoms. The number of anilines is 1. The van der Waals surface area contributed by atoms with Crippen LogP contribution in [-0.2, 0) is 22.5 Å². The van der Waals surface area contributed by atoms with Crippen LogP contribution in [0.2, 0.25) is 0 Å². The lowest BCUT2D eigenvalue weighted by Crippen LogP contribution is -2.35. The van der Waals surface area contributed by atoms with Gasteiger partial charge in [-0.25, -0.2) is 9.78 Å². The summed E-state index contributed by atoms with van der Waals surface area (Å²) in [6.07, 6.45) is 0.892. The van der Waals surface area contributed by atoms with Gasteiger partial charge in [0.2, 0.25) is 5.91 Å². The summed E-state index contributed by atoms with van der Waals surface area (Å²) in [7, 11) is 0. The molecule has 0 saturated carbocycles. The predicted octanol–water partition coefficient (Wildman–Crippen LogP) is 4.30. The Balaban J connectivity index is 1.58. The largest absolute Gasteiger partial charge is 0.462 e. The van der Waals surface area contributed by atoms with Crippen molar-refractivity contribution < 1.29 is 14.3 Å². The van der Waals surface area contributed by atoms with Crippen LogP contribution < -0.4 is 4.90 Å². The van der Waals surface area contributed by atoms with Gasteiger partial charge in [-0.3, -0.25) is 4.79 Å². The Hall–Kier alpha value is -2.80. The van der Waals surface area contributed by atoms with Crippen LogP contribution in [0, 0.1) is 0 Å². The number of nitrogens with zero attached hydrogens (tertiary/aromatic N) is 3. The molecule has 1 amide bonds. The SMILES string of the molecule is CCOC(=O)c1ccc2c(c1)nc(S[C@H](C)C(=O)N1CCc3ccccc31)n2CC. The van der Waals surface area contributed by atoms with Gasteiger partial charge in [0.1, 0.15) is 0 Å². The summed E-state index contributed by atoms with van der Waals surface area (Å²) in [6.45, 7) is 7.54. The maximum Gasteiger partial charge on any atom is 0.338 e. The Morgan fingerprint density at radius 1 is 1.20 bits per heavy atom. The number of ether oxygens (including phenoxy) is 1. The first-order valence-electron chi connectivity index (χ1n) is 10.3. The Labute approximate surface area is 180 Å². The first-order valence-corrected chi connectivity index (χ1v) is 11.1. The Morgan fingerprint density at radius 3 is 2.77 bits per heavy atom. The van der Waals surface area contributed by atoms with Crippen molar-refractivity contribution in [3.8, 4) is 0 Å². The first-order chi connectivity index (χ1) is 14.5. The van der Waals surface area contributed by atoms with Crippen molar-refractivity contribution in [2.24, 2.45) is 0 Å². The van der Waals surface area contributed by atoms with E-state index in [-0.39, 0.29) is 17.1 Å². The van der Waals surface area contributed by atoms with E-state index in [1.807, 2.05) is 43.0 Å². The number of hydrogen-bond acceptors (Lipinski definition) is 5. The molecule has 0 bridgehead atoms. The fourth-order valence-corrected chi connectivity index (χ4v) is 4.89. The molecule has 1 aliphatic rings. The standard InChI is InChI=1S/C23H25N3O3S/c1-4-25-20-11-10-17(22(28)29-5-2)14-18(20)24-23(25)30-15(3)21(27)26-13-12-16-8-6-7-9-19(16)26/h6-11,14-15H,4-5,12-13H2,1-3H3/t15-/m1/s1. The highest BCUT2D eigenvalue weighted by atomic mass is 32.2. The molecule has 6 nitrogen and oxygen atoms in total. The van der Waals surface area contributed by atoms with Crippen LogP contribution in [0.1, 0.15) is 36.7 Å². The highest BCUT2D eigenvalue weighted by Crippen LogP contribution is 2.33. The maximum absolute atomic E-state index is 13.1. The average Bonchev–Trinajstić information content (AvgIpc) is 3.33. The lowest BCUT2D eigenvalue weighted by Gasteiger charge is -2.21. The third-order valence-corrected chi connectivity index (χ3v) is 6.40. The topological polar surface area (TPSA) is 64.4 Å². The molecule has 1 aliphatic heterocycles. The highest BCUT2D eigenvalue weighted by Gasteiger charge is 2.29. The number of carbonyl (C=O) groups excluding carboxylic acids is 2. The molecule has 156 valence electrons. The van der Waals surface area contributed by atoms with Gasteiger partial charge in [-0.1, -0.05) is 30.0 Å². The van der Waals surface area contributed by atoms with E-state index >= 15 is 0 Å². The van der Waals surface area contributed by atoms with E-state index < -0.39 is 0 Å². The number of esters is 1. The minimum Gasteiger partial charge on any atom is -0.462 e. The number of amides is 1. The lowest BCUT2D eigenvalue weighted by atomic mass is 10.2. The van der Waals surface area contributed by atoms with Crippen LogP contribution in [0.5, 0.6) is 0 Å². The molecule has 0 unspecified atom stereocenters. The Bertz CT molecular complexity index is 1110. The van der Waals surface area contributed by atoms with Crippen LogP contribution in [-0.4, -0.2) is 39.8 Å². The zero-order chi connectivity index (χ0) is 21.3. The van der Waals surface area contributed by atoms with E-state index in [1.165, 1.54) is 17.3 Å². The van der Waals surface area contributed by atoms with Gasteiger partial charge < -0.3 is 14.2 Å². The fourth-order valence-electron chi connectivity index (χ4n) is 3.84. The summed E-state index contributed by atoms with van der Waals surface area (Å²) in [5.74, 6) is -0.261. The second-order valence-electron chi connectivity index (χ2n) is 7.19. The smallest absolute Gasteiger partial charge is 0.338 e. The fraction of sp³-hybridized carbons (Fsp3) is 0.348. The van der Waals surface area contributed by atoms with Gasteiger partial charge in [0, 0.05) is 18.8 Å². The zero-order valence-electron chi connectivity index (χ0n) is 17.4. The van der Waals surface area contributed by atoms with Gasteiger partial charge in [0.15, 0.2) is 5.16 Å². The van der Waals surface area contributed by atoms with Crippen LogP contribution in [0.4, 0.5) is 5.69 Å². The number of fused-ring (bicyclic) bond motifs is 2. The van der Waals surface area contributed by atoms with E-state index in [0.29, 0.717) is 12.2 Å². The molecule has 0 saturated heterocycles. The molecule has 2 aromatic carbocycles. The van der Waals surface area contributed by atoms with Crippen molar-refractivity contribution in [1.29, 1.82) is 0 Å². The molecule has 1 atom stereocenters. The van der Waals surface area contributed by atoms with Crippen LogP contribution in [0.25, 0.3) is 11.0 Å². The third kappa shape index (κ3) is 3.69. The number of rotatable bonds is 6. The molecular formula is C23H25N3O3S. The van der Waals surface area contributed by atoms with Crippen molar-refractivity contribution in [3.63, 3.8) is 0 Å².